The molecule has 0 bridgehead atoms. The van der Waals surface area contributed by atoms with E-state index in [0.29, 0.717) is 11.3 Å². The number of imide groups is 2. The number of carbonyl (C=O) groups excluding carboxylic acids is 3. The first-order valence-corrected chi connectivity index (χ1v) is 13.4. The van der Waals surface area contributed by atoms with Gasteiger partial charge in [-0.1, -0.05) is 24.3 Å². The van der Waals surface area contributed by atoms with Gasteiger partial charge in [0, 0.05) is 0 Å². The Balaban J connectivity index is 1.68. The summed E-state index contributed by atoms with van der Waals surface area (Å²) in [7, 11) is -4.10. The van der Waals surface area contributed by atoms with E-state index in [1.807, 2.05) is 13.8 Å². The number of hydrogen-bond acceptors (Lipinski definition) is 6. The van der Waals surface area contributed by atoms with E-state index in [9.17, 15) is 22.8 Å². The van der Waals surface area contributed by atoms with Crippen LogP contribution >= 0.6 is 31.9 Å². The van der Waals surface area contributed by atoms with E-state index in [1.165, 1.54) is 30.3 Å². The number of rotatable bonds is 5. The molecular formula is C25H18Br2N2O6S. The zero-order valence-electron chi connectivity index (χ0n) is 18.9. The van der Waals surface area contributed by atoms with Crippen molar-refractivity contribution in [2.24, 2.45) is 0 Å². The highest BCUT2D eigenvalue weighted by Crippen LogP contribution is 2.37. The van der Waals surface area contributed by atoms with Gasteiger partial charge in [-0.3, -0.25) is 14.9 Å². The molecule has 0 saturated carbocycles. The normalized spacial score (nSPS) is 15.3. The monoisotopic (exact) mass is 632 g/mol. The van der Waals surface area contributed by atoms with E-state index in [1.54, 1.807) is 36.4 Å². The van der Waals surface area contributed by atoms with Crippen LogP contribution in [0.3, 0.4) is 0 Å². The quantitative estimate of drug-likeness (QED) is 0.233. The van der Waals surface area contributed by atoms with Gasteiger partial charge in [0.05, 0.1) is 14.6 Å². The van der Waals surface area contributed by atoms with Crippen LogP contribution < -0.4 is 14.4 Å². The number of aryl methyl sites for hydroxylation is 2. The Labute approximate surface area is 224 Å². The van der Waals surface area contributed by atoms with Crippen molar-refractivity contribution in [2.45, 2.75) is 18.7 Å². The Hall–Kier alpha value is -3.28. The second kappa shape index (κ2) is 10.00. The Morgan fingerprint density at radius 2 is 1.53 bits per heavy atom. The molecule has 1 aliphatic rings. The van der Waals surface area contributed by atoms with Crippen molar-refractivity contribution in [1.82, 2.24) is 5.32 Å². The van der Waals surface area contributed by atoms with Gasteiger partial charge in [-0.2, -0.15) is 8.42 Å². The Bertz CT molecular complexity index is 1530. The third-order valence-corrected chi connectivity index (χ3v) is 7.82. The molecule has 36 heavy (non-hydrogen) atoms. The molecule has 1 saturated heterocycles. The van der Waals surface area contributed by atoms with Crippen molar-refractivity contribution >= 4 is 71.6 Å². The summed E-state index contributed by atoms with van der Waals surface area (Å²) in [4.78, 5) is 39.0. The SMILES string of the molecule is Cc1ccc(N2C(=O)NC(=O)/C(=C\c3cc(Br)c(OS(=O)(=O)c4ccccc4)c(Br)c3)C2=O)cc1C. The van der Waals surface area contributed by atoms with Crippen LogP contribution in [0, 0.1) is 13.8 Å². The lowest BCUT2D eigenvalue weighted by Crippen LogP contribution is -2.54. The van der Waals surface area contributed by atoms with Crippen LogP contribution in [0.15, 0.2) is 80.1 Å². The fourth-order valence-electron chi connectivity index (χ4n) is 3.41. The molecular weight excluding hydrogens is 616 g/mol. The molecule has 8 nitrogen and oxygen atoms in total. The van der Waals surface area contributed by atoms with E-state index >= 15 is 0 Å². The molecule has 0 atom stereocenters. The maximum absolute atomic E-state index is 13.2. The minimum Gasteiger partial charge on any atom is -0.377 e. The molecule has 1 fully saturated rings. The molecule has 4 rings (SSSR count). The molecule has 3 aromatic carbocycles. The highest BCUT2D eigenvalue weighted by atomic mass is 79.9. The van der Waals surface area contributed by atoms with Crippen LogP contribution in [0.1, 0.15) is 16.7 Å². The van der Waals surface area contributed by atoms with Gasteiger partial charge in [0.2, 0.25) is 0 Å². The van der Waals surface area contributed by atoms with Crippen LogP contribution in [-0.2, 0) is 19.7 Å². The van der Waals surface area contributed by atoms with Crippen molar-refractivity contribution in [1.29, 1.82) is 0 Å². The molecule has 0 aromatic heterocycles. The summed E-state index contributed by atoms with van der Waals surface area (Å²) in [6.07, 6.45) is 1.31. The van der Waals surface area contributed by atoms with Gasteiger partial charge < -0.3 is 4.18 Å². The van der Waals surface area contributed by atoms with Gasteiger partial charge in [0.1, 0.15) is 10.5 Å². The summed E-state index contributed by atoms with van der Waals surface area (Å²) >= 11 is 6.58. The molecule has 3 aromatic rings. The number of barbiturate groups is 1. The van der Waals surface area contributed by atoms with E-state index < -0.39 is 28.0 Å². The molecule has 0 radical (unpaired) electrons. The van der Waals surface area contributed by atoms with Crippen LogP contribution in [0.25, 0.3) is 6.08 Å². The van der Waals surface area contributed by atoms with Crippen LogP contribution in [0.5, 0.6) is 5.75 Å². The molecule has 11 heteroatoms. The van der Waals surface area contributed by atoms with Crippen molar-refractivity contribution in [3.05, 3.63) is 91.9 Å². The average Bonchev–Trinajstić information content (AvgIpc) is 2.82. The van der Waals surface area contributed by atoms with Crippen molar-refractivity contribution in [2.75, 3.05) is 4.90 Å². The molecule has 184 valence electrons. The number of nitrogens with zero attached hydrogens (tertiary/aromatic N) is 1. The molecule has 1 heterocycles. The minimum absolute atomic E-state index is 0.00707. The predicted octanol–water partition coefficient (Wildman–Crippen LogP) is 5.26. The summed E-state index contributed by atoms with van der Waals surface area (Å²) < 4.78 is 31.1. The third-order valence-electron chi connectivity index (χ3n) is 5.41. The first kappa shape index (κ1) is 25.8. The van der Waals surface area contributed by atoms with E-state index in [4.69, 9.17) is 4.18 Å². The smallest absolute Gasteiger partial charge is 0.339 e. The van der Waals surface area contributed by atoms with Gasteiger partial charge in [0.25, 0.3) is 11.8 Å². The fraction of sp³-hybridized carbons (Fsp3) is 0.0800. The molecule has 1 N–H and O–H groups in total. The predicted molar refractivity (Wildman–Crippen MR) is 141 cm³/mol. The van der Waals surface area contributed by atoms with Crippen molar-refractivity contribution in [3.63, 3.8) is 0 Å². The molecule has 4 amide bonds. The number of urea groups is 1. The summed E-state index contributed by atoms with van der Waals surface area (Å²) in [6.45, 7) is 3.75. The molecule has 1 aliphatic heterocycles. The zero-order valence-corrected chi connectivity index (χ0v) is 22.9. The van der Waals surface area contributed by atoms with Gasteiger partial charge in [0.15, 0.2) is 5.75 Å². The first-order chi connectivity index (χ1) is 17.0. The number of halogens is 2. The lowest BCUT2D eigenvalue weighted by atomic mass is 10.1. The van der Waals surface area contributed by atoms with Crippen LogP contribution in [0.2, 0.25) is 0 Å². The summed E-state index contributed by atoms with van der Waals surface area (Å²) in [5, 5.41) is 2.18. The van der Waals surface area contributed by atoms with E-state index in [2.05, 4.69) is 37.2 Å². The first-order valence-electron chi connectivity index (χ1n) is 10.5. The Morgan fingerprint density at radius 3 is 2.14 bits per heavy atom. The molecule has 0 spiro atoms. The second-order valence-electron chi connectivity index (χ2n) is 7.89. The Morgan fingerprint density at radius 1 is 0.889 bits per heavy atom. The molecule has 0 aliphatic carbocycles. The van der Waals surface area contributed by atoms with Gasteiger partial charge >= 0.3 is 16.1 Å². The second-order valence-corrected chi connectivity index (χ2v) is 11.1. The number of benzene rings is 3. The van der Waals surface area contributed by atoms with Gasteiger partial charge in [-0.25, -0.2) is 9.69 Å². The number of carbonyl (C=O) groups is 3. The van der Waals surface area contributed by atoms with Crippen molar-refractivity contribution < 1.29 is 27.0 Å². The van der Waals surface area contributed by atoms with Crippen LogP contribution in [-0.4, -0.2) is 26.3 Å². The fourth-order valence-corrected chi connectivity index (χ4v) is 5.99. The van der Waals surface area contributed by atoms with Gasteiger partial charge in [-0.05, 0) is 105 Å². The third kappa shape index (κ3) is 5.13. The molecule has 0 unspecified atom stereocenters. The van der Waals surface area contributed by atoms with E-state index in [-0.39, 0.29) is 25.2 Å². The van der Waals surface area contributed by atoms with Crippen LogP contribution in [0.4, 0.5) is 10.5 Å². The average molecular weight is 634 g/mol. The summed E-state index contributed by atoms with van der Waals surface area (Å²) in [5.74, 6) is -1.64. The van der Waals surface area contributed by atoms with Gasteiger partial charge in [-0.15, -0.1) is 0 Å². The highest BCUT2D eigenvalue weighted by molar-refractivity contribution is 9.11. The zero-order chi connectivity index (χ0) is 26.2. The maximum atomic E-state index is 13.2. The summed E-state index contributed by atoms with van der Waals surface area (Å²) in [6, 6.07) is 14.9. The van der Waals surface area contributed by atoms with E-state index in [0.717, 1.165) is 16.0 Å². The largest absolute Gasteiger partial charge is 0.377 e. The standard InChI is InChI=1S/C25H18Br2N2O6S/c1-14-8-9-17(10-15(14)2)29-24(31)19(23(30)28-25(29)32)11-16-12-20(26)22(21(27)13-16)35-36(33,34)18-6-4-3-5-7-18/h3-13H,1-2H3,(H,28,30,32)/b19-11+. The topological polar surface area (TPSA) is 110 Å². The lowest BCUT2D eigenvalue weighted by molar-refractivity contribution is -0.122. The summed E-state index contributed by atoms with van der Waals surface area (Å²) in [5.41, 5.74) is 2.31. The number of anilines is 1. The maximum Gasteiger partial charge on any atom is 0.339 e. The minimum atomic E-state index is -4.10. The lowest BCUT2D eigenvalue weighted by Gasteiger charge is -2.27. The van der Waals surface area contributed by atoms with Crippen molar-refractivity contribution in [3.8, 4) is 5.75 Å². The Kier molecular flexibility index (Phi) is 7.17. The number of nitrogens with one attached hydrogen (secondary N) is 1. The highest BCUT2D eigenvalue weighted by Gasteiger charge is 2.37. The number of hydrogen-bond donors (Lipinski definition) is 1. The number of amides is 4.